The zero-order valence-electron chi connectivity index (χ0n) is 64.6. The van der Waals surface area contributed by atoms with Crippen LogP contribution in [-0.2, 0) is 10.8 Å². The summed E-state index contributed by atoms with van der Waals surface area (Å²) >= 11 is 0. The largest absolute Gasteiger partial charge is 0.457 e. The number of ether oxygens (including phenoxy) is 2. The molecule has 0 radical (unpaired) electrons. The van der Waals surface area contributed by atoms with Crippen LogP contribution in [0.3, 0.4) is 0 Å². The molecular weight excluding hydrogens is 1450 g/mol. The van der Waals surface area contributed by atoms with Gasteiger partial charge in [-0.25, -0.2) is 8.78 Å². The third kappa shape index (κ3) is 11.7. The molecule has 0 spiro atoms. The summed E-state index contributed by atoms with van der Waals surface area (Å²) in [4.78, 5) is 4.64. The van der Waals surface area contributed by atoms with Gasteiger partial charge in [0.05, 0.1) is 10.8 Å². The van der Waals surface area contributed by atoms with Gasteiger partial charge < -0.3 is 28.1 Å². The SMILES string of the molecule is C=Cc1ccc(Oc2ccc(C3(c4ccc(F)cc4)c4ccccc4-c4ccc(N(c5ccc(-c6cc(C)c(-c7ccc(N(c8ccc9c(c8)C(c8ccc(F)cc8)(c8ccc(Oc%10ccc(C=C)cc%10)cc8)c8ccccc8-9)c8ccc9c(c8)oc8ccccc89)cc7)cc6C)cc5)c5ccc6c(c5)oc5ccccc56)cc43)cc2)cc1. The van der Waals surface area contributed by atoms with Crippen LogP contribution in [0.1, 0.15) is 66.8 Å². The maximum absolute atomic E-state index is 15.3. The Morgan fingerprint density at radius 2 is 0.576 bits per heavy atom. The minimum atomic E-state index is -0.874. The molecule has 0 saturated heterocycles. The average molecular weight is 1530 g/mol. The molecule has 2 aromatic heterocycles. The van der Waals surface area contributed by atoms with Gasteiger partial charge in [-0.2, -0.15) is 0 Å². The van der Waals surface area contributed by atoms with Gasteiger partial charge in [-0.1, -0.05) is 232 Å². The molecule has 0 aliphatic heterocycles. The first-order valence-electron chi connectivity index (χ1n) is 39.7. The number of furan rings is 2. The fourth-order valence-corrected chi connectivity index (χ4v) is 18.6. The zero-order chi connectivity index (χ0) is 79.3. The first-order chi connectivity index (χ1) is 57.9. The lowest BCUT2D eigenvalue weighted by molar-refractivity contribution is 0.482. The predicted molar refractivity (Wildman–Crippen MR) is 478 cm³/mol. The highest BCUT2D eigenvalue weighted by molar-refractivity contribution is 6.08. The number of halogens is 2. The van der Waals surface area contributed by atoms with Crippen LogP contribution in [0.15, 0.2) is 398 Å². The van der Waals surface area contributed by atoms with E-state index >= 15 is 8.78 Å². The van der Waals surface area contributed by atoms with Crippen molar-refractivity contribution in [1.82, 2.24) is 0 Å². The molecule has 21 rings (SSSR count). The van der Waals surface area contributed by atoms with E-state index in [0.717, 1.165) is 201 Å². The van der Waals surface area contributed by atoms with E-state index in [1.807, 2.05) is 133 Å². The molecule has 118 heavy (non-hydrogen) atoms. The summed E-state index contributed by atoms with van der Waals surface area (Å²) in [5.74, 6) is 2.21. The summed E-state index contributed by atoms with van der Waals surface area (Å²) in [6.07, 6.45) is 3.63. The second kappa shape index (κ2) is 28.5. The van der Waals surface area contributed by atoms with Crippen molar-refractivity contribution in [3.8, 4) is 67.5 Å². The molecule has 0 fully saturated rings. The minimum absolute atomic E-state index is 0.307. The number of hydrogen-bond acceptors (Lipinski definition) is 6. The third-order valence-electron chi connectivity index (χ3n) is 24.1. The molecule has 8 heteroatoms. The number of nitrogens with zero attached hydrogens (tertiary/aromatic N) is 2. The Morgan fingerprint density at radius 3 is 0.958 bits per heavy atom. The van der Waals surface area contributed by atoms with Crippen LogP contribution in [0.25, 0.3) is 101 Å². The summed E-state index contributed by atoms with van der Waals surface area (Å²) in [7, 11) is 0. The summed E-state index contributed by atoms with van der Waals surface area (Å²) in [5.41, 5.74) is 28.3. The summed E-state index contributed by atoms with van der Waals surface area (Å²) in [6.45, 7) is 12.3. The van der Waals surface area contributed by atoms with E-state index in [9.17, 15) is 0 Å². The Balaban J connectivity index is 0.647. The van der Waals surface area contributed by atoms with Crippen LogP contribution in [0, 0.1) is 25.5 Å². The summed E-state index contributed by atoms with van der Waals surface area (Å²) < 4.78 is 56.8. The Hall–Kier alpha value is -15.1. The first kappa shape index (κ1) is 70.7. The van der Waals surface area contributed by atoms with Gasteiger partial charge in [0.2, 0.25) is 0 Å². The van der Waals surface area contributed by atoms with Gasteiger partial charge in [-0.15, -0.1) is 0 Å². The van der Waals surface area contributed by atoms with Crippen LogP contribution >= 0.6 is 0 Å². The molecule has 6 nitrogen and oxygen atoms in total. The van der Waals surface area contributed by atoms with Crippen LogP contribution in [0.2, 0.25) is 0 Å². The van der Waals surface area contributed by atoms with E-state index in [1.165, 1.54) is 0 Å². The van der Waals surface area contributed by atoms with E-state index < -0.39 is 10.8 Å². The van der Waals surface area contributed by atoms with Gasteiger partial charge in [0, 0.05) is 67.8 Å². The van der Waals surface area contributed by atoms with Crippen molar-refractivity contribution in [3.63, 3.8) is 0 Å². The van der Waals surface area contributed by atoms with E-state index in [1.54, 1.807) is 24.3 Å². The molecule has 2 aliphatic carbocycles. The van der Waals surface area contributed by atoms with Gasteiger partial charge in [0.1, 0.15) is 57.0 Å². The fourth-order valence-electron chi connectivity index (χ4n) is 18.6. The molecule has 17 aromatic carbocycles. The fraction of sp³-hybridized carbons (Fsp3) is 0.0364. The molecule has 0 N–H and O–H groups in total. The highest BCUT2D eigenvalue weighted by atomic mass is 19.1. The molecule has 19 aromatic rings. The number of anilines is 6. The van der Waals surface area contributed by atoms with E-state index in [-0.39, 0.29) is 11.6 Å². The maximum Gasteiger partial charge on any atom is 0.137 e. The van der Waals surface area contributed by atoms with Gasteiger partial charge in [-0.05, 0) is 283 Å². The minimum Gasteiger partial charge on any atom is -0.457 e. The average Bonchev–Trinajstić information content (AvgIpc) is 1.54. The molecule has 2 aliphatic rings. The number of para-hydroxylation sites is 2. The van der Waals surface area contributed by atoms with Crippen molar-refractivity contribution in [2.75, 3.05) is 9.80 Å². The third-order valence-corrected chi connectivity index (χ3v) is 24.1. The Morgan fingerprint density at radius 1 is 0.271 bits per heavy atom. The number of fused-ring (bicyclic) bond motifs is 12. The molecule has 0 bridgehead atoms. The van der Waals surface area contributed by atoms with Crippen molar-refractivity contribution in [3.05, 3.63) is 468 Å². The molecule has 2 unspecified atom stereocenters. The predicted octanol–water partition coefficient (Wildman–Crippen LogP) is 30.3. The summed E-state index contributed by atoms with van der Waals surface area (Å²) in [5, 5.41) is 4.18. The standard InChI is InChI=1S/C110H74F2N2O4/c1-5-71-23-51-87(52-24-71)115-89-55-35-77(36-56-89)109(75-31-39-79(111)40-32-75)101-19-11-7-15-91(101)93-59-47-83(65-103(93)109)113(85-49-61-97-95-17-9-13-21-105(95)117-107(97)67-85)81-43-27-73(28-44-81)99-63-70(4)100(64-69(99)3)74-29-45-82(46-30-74)114(86-50-62-98-96-18-10-14-22-106(96)118-108(98)68-86)84-48-60-94-92-16-8-12-20-102(92)110(104(94)66-84,76-33-41-80(112)42-34-76)78-37-57-90(58-38-78)116-88-53-25-72(6-2)26-54-88/h5-68H,1-2H2,3-4H3. The van der Waals surface area contributed by atoms with E-state index in [2.05, 4.69) is 267 Å². The highest BCUT2D eigenvalue weighted by Crippen LogP contribution is 2.60. The van der Waals surface area contributed by atoms with E-state index in [4.69, 9.17) is 18.3 Å². The number of rotatable bonds is 18. The second-order valence-corrected chi connectivity index (χ2v) is 30.7. The zero-order valence-corrected chi connectivity index (χ0v) is 64.6. The Bertz CT molecular complexity index is 6740. The van der Waals surface area contributed by atoms with Gasteiger partial charge in [0.25, 0.3) is 0 Å². The molecule has 562 valence electrons. The maximum atomic E-state index is 15.3. The monoisotopic (exact) mass is 1520 g/mol. The van der Waals surface area contributed by atoms with Crippen LogP contribution < -0.4 is 19.3 Å². The number of aryl methyl sites for hydroxylation is 2. The smallest absolute Gasteiger partial charge is 0.137 e. The van der Waals surface area contributed by atoms with Crippen LogP contribution in [0.5, 0.6) is 23.0 Å². The van der Waals surface area contributed by atoms with Crippen molar-refractivity contribution in [2.24, 2.45) is 0 Å². The molecule has 2 heterocycles. The molecule has 0 amide bonds. The van der Waals surface area contributed by atoms with Crippen LogP contribution in [0.4, 0.5) is 42.9 Å². The number of hydrogen-bond donors (Lipinski definition) is 0. The lowest BCUT2D eigenvalue weighted by Crippen LogP contribution is -2.28. The lowest BCUT2D eigenvalue weighted by Gasteiger charge is -2.35. The first-order valence-corrected chi connectivity index (χ1v) is 39.7. The molecule has 0 saturated carbocycles. The Labute approximate surface area is 682 Å². The number of benzene rings is 17. The lowest BCUT2D eigenvalue weighted by atomic mass is 9.67. The topological polar surface area (TPSA) is 51.2 Å². The quantitative estimate of drug-likeness (QED) is 0.0853. The van der Waals surface area contributed by atoms with E-state index in [0.29, 0.717) is 11.5 Å². The Kier molecular flexibility index (Phi) is 17.1. The van der Waals surface area contributed by atoms with Crippen molar-refractivity contribution >= 4 is 90.2 Å². The van der Waals surface area contributed by atoms with Crippen molar-refractivity contribution < 1.29 is 27.1 Å². The van der Waals surface area contributed by atoms with Crippen molar-refractivity contribution in [1.29, 1.82) is 0 Å². The normalized spacial score (nSPS) is 14.4. The second-order valence-electron chi connectivity index (χ2n) is 30.7. The molecule has 2 atom stereocenters. The van der Waals surface area contributed by atoms with Gasteiger partial charge in [-0.3, -0.25) is 0 Å². The van der Waals surface area contributed by atoms with Crippen molar-refractivity contribution in [2.45, 2.75) is 24.7 Å². The highest BCUT2D eigenvalue weighted by Gasteiger charge is 2.48. The molecular formula is C110H74F2N2O4. The van der Waals surface area contributed by atoms with Crippen LogP contribution in [-0.4, -0.2) is 0 Å². The van der Waals surface area contributed by atoms with Gasteiger partial charge >= 0.3 is 0 Å². The van der Waals surface area contributed by atoms with Gasteiger partial charge in [0.15, 0.2) is 0 Å². The summed E-state index contributed by atoms with van der Waals surface area (Å²) in [6, 6.07) is 129.